The highest BCUT2D eigenvalue weighted by Gasteiger charge is 2.13. The largest absolute Gasteiger partial charge is 0.494 e. The van der Waals surface area contributed by atoms with Gasteiger partial charge in [-0.05, 0) is 24.6 Å². The highest BCUT2D eigenvalue weighted by molar-refractivity contribution is 9.10. The maximum absolute atomic E-state index is 11.8. The summed E-state index contributed by atoms with van der Waals surface area (Å²) in [5, 5.41) is 10.0. The second kappa shape index (κ2) is 4.81. The number of hydrogen-bond acceptors (Lipinski definition) is 3. The fourth-order valence-corrected chi connectivity index (χ4v) is 2.12. The molecular weight excluding hydrogens is 300 g/mol. The molecule has 0 aliphatic heterocycles. The summed E-state index contributed by atoms with van der Waals surface area (Å²) >= 11 is 3.29. The first-order valence-corrected chi connectivity index (χ1v) is 6.17. The minimum atomic E-state index is -0.659. The van der Waals surface area contributed by atoms with E-state index >= 15 is 0 Å². The SMILES string of the molecule is CCc1c(O)n(-c2cccc(Br)c2)c(=O)[nH]c1=O. The van der Waals surface area contributed by atoms with Gasteiger partial charge in [-0.1, -0.05) is 28.9 Å². The zero-order chi connectivity index (χ0) is 13.3. The van der Waals surface area contributed by atoms with Crippen LogP contribution < -0.4 is 11.2 Å². The van der Waals surface area contributed by atoms with Crippen LogP contribution in [0.1, 0.15) is 12.5 Å². The van der Waals surface area contributed by atoms with Gasteiger partial charge in [0.05, 0.1) is 11.3 Å². The predicted octanol–water partition coefficient (Wildman–Crippen LogP) is 1.56. The first-order valence-electron chi connectivity index (χ1n) is 5.37. The number of nitrogens with zero attached hydrogens (tertiary/aromatic N) is 1. The molecule has 0 bridgehead atoms. The number of hydrogen-bond donors (Lipinski definition) is 2. The second-order valence-corrected chi connectivity index (χ2v) is 4.65. The normalized spacial score (nSPS) is 10.6. The number of aromatic amines is 1. The van der Waals surface area contributed by atoms with Gasteiger partial charge in [0.1, 0.15) is 0 Å². The molecular formula is C12H11BrN2O3. The highest BCUT2D eigenvalue weighted by Crippen LogP contribution is 2.19. The standard InChI is InChI=1S/C12H11BrN2O3/c1-2-9-10(16)14-12(18)15(11(9)17)8-5-3-4-7(13)6-8/h3-6,17H,2H2,1H3,(H,14,16,18). The van der Waals surface area contributed by atoms with E-state index in [0.717, 1.165) is 9.04 Å². The molecule has 5 nitrogen and oxygen atoms in total. The van der Waals surface area contributed by atoms with Crippen molar-refractivity contribution in [2.45, 2.75) is 13.3 Å². The number of aromatic hydroxyl groups is 1. The minimum Gasteiger partial charge on any atom is -0.494 e. The lowest BCUT2D eigenvalue weighted by atomic mass is 10.2. The van der Waals surface area contributed by atoms with E-state index in [1.54, 1.807) is 31.2 Å². The Kier molecular flexibility index (Phi) is 3.38. The summed E-state index contributed by atoms with van der Waals surface area (Å²) in [4.78, 5) is 25.5. The van der Waals surface area contributed by atoms with E-state index < -0.39 is 11.2 Å². The van der Waals surface area contributed by atoms with Gasteiger partial charge in [0.15, 0.2) is 0 Å². The van der Waals surface area contributed by atoms with Gasteiger partial charge in [-0.2, -0.15) is 0 Å². The van der Waals surface area contributed by atoms with Gasteiger partial charge in [0.25, 0.3) is 5.56 Å². The van der Waals surface area contributed by atoms with Crippen LogP contribution in [0.3, 0.4) is 0 Å². The van der Waals surface area contributed by atoms with Crippen molar-refractivity contribution in [2.75, 3.05) is 0 Å². The van der Waals surface area contributed by atoms with E-state index in [1.807, 2.05) is 0 Å². The fourth-order valence-electron chi connectivity index (χ4n) is 1.73. The highest BCUT2D eigenvalue weighted by atomic mass is 79.9. The molecule has 0 fully saturated rings. The van der Waals surface area contributed by atoms with Crippen molar-refractivity contribution >= 4 is 15.9 Å². The Morgan fingerprint density at radius 1 is 1.39 bits per heavy atom. The van der Waals surface area contributed by atoms with Crippen LogP contribution in [0, 0.1) is 0 Å². The molecule has 0 aliphatic carbocycles. The average molecular weight is 311 g/mol. The van der Waals surface area contributed by atoms with Crippen molar-refractivity contribution in [3.8, 4) is 11.6 Å². The third-order valence-corrected chi connectivity index (χ3v) is 3.09. The van der Waals surface area contributed by atoms with Crippen LogP contribution in [-0.2, 0) is 6.42 Å². The van der Waals surface area contributed by atoms with Crippen LogP contribution in [0.4, 0.5) is 0 Å². The van der Waals surface area contributed by atoms with E-state index in [9.17, 15) is 14.7 Å². The van der Waals surface area contributed by atoms with Gasteiger partial charge in [-0.3, -0.25) is 9.78 Å². The summed E-state index contributed by atoms with van der Waals surface area (Å²) in [5.41, 5.74) is -0.536. The van der Waals surface area contributed by atoms with Gasteiger partial charge >= 0.3 is 5.69 Å². The molecule has 0 unspecified atom stereocenters. The van der Waals surface area contributed by atoms with Crippen molar-refractivity contribution < 1.29 is 5.11 Å². The van der Waals surface area contributed by atoms with E-state index in [-0.39, 0.29) is 11.4 Å². The third-order valence-electron chi connectivity index (χ3n) is 2.60. The number of benzene rings is 1. The molecule has 0 saturated carbocycles. The Bertz CT molecular complexity index is 703. The maximum atomic E-state index is 11.8. The number of H-pyrrole nitrogens is 1. The molecule has 94 valence electrons. The van der Waals surface area contributed by atoms with Crippen LogP contribution in [-0.4, -0.2) is 14.7 Å². The summed E-state index contributed by atoms with van der Waals surface area (Å²) in [6, 6.07) is 6.89. The Balaban J connectivity index is 2.80. The first kappa shape index (κ1) is 12.6. The van der Waals surface area contributed by atoms with E-state index in [0.29, 0.717) is 12.1 Å². The molecule has 0 spiro atoms. The smallest absolute Gasteiger partial charge is 0.335 e. The lowest BCUT2D eigenvalue weighted by Gasteiger charge is -2.10. The van der Waals surface area contributed by atoms with Gasteiger partial charge < -0.3 is 5.11 Å². The molecule has 2 rings (SSSR count). The van der Waals surface area contributed by atoms with Crippen LogP contribution in [0.5, 0.6) is 5.88 Å². The van der Waals surface area contributed by atoms with E-state index in [4.69, 9.17) is 0 Å². The maximum Gasteiger partial charge on any atom is 0.335 e. The van der Waals surface area contributed by atoms with Crippen molar-refractivity contribution in [1.29, 1.82) is 0 Å². The van der Waals surface area contributed by atoms with Gasteiger partial charge in [0, 0.05) is 4.47 Å². The molecule has 1 heterocycles. The monoisotopic (exact) mass is 310 g/mol. The molecule has 6 heteroatoms. The zero-order valence-electron chi connectivity index (χ0n) is 9.61. The van der Waals surface area contributed by atoms with Gasteiger partial charge in [-0.15, -0.1) is 0 Å². The van der Waals surface area contributed by atoms with Crippen LogP contribution in [0.2, 0.25) is 0 Å². The Labute approximate surface area is 111 Å². The number of aromatic nitrogens is 2. The fraction of sp³-hybridized carbons (Fsp3) is 0.167. The molecule has 1 aromatic carbocycles. The van der Waals surface area contributed by atoms with E-state index in [1.165, 1.54) is 0 Å². The quantitative estimate of drug-likeness (QED) is 0.884. The average Bonchev–Trinajstić information content (AvgIpc) is 2.28. The first-order chi connectivity index (χ1) is 8.54. The molecule has 0 amide bonds. The van der Waals surface area contributed by atoms with Crippen LogP contribution in [0.25, 0.3) is 5.69 Å². The summed E-state index contributed by atoms with van der Waals surface area (Å²) in [6.45, 7) is 1.74. The van der Waals surface area contributed by atoms with Crippen LogP contribution in [0.15, 0.2) is 38.3 Å². The lowest BCUT2D eigenvalue weighted by molar-refractivity contribution is 0.423. The van der Waals surface area contributed by atoms with Crippen molar-refractivity contribution in [2.24, 2.45) is 0 Å². The van der Waals surface area contributed by atoms with Gasteiger partial charge in [-0.25, -0.2) is 9.36 Å². The zero-order valence-corrected chi connectivity index (χ0v) is 11.2. The molecule has 0 radical (unpaired) electrons. The second-order valence-electron chi connectivity index (χ2n) is 3.73. The number of halogens is 1. The van der Waals surface area contributed by atoms with Crippen molar-refractivity contribution in [1.82, 2.24) is 9.55 Å². The summed E-state index contributed by atoms with van der Waals surface area (Å²) in [6.07, 6.45) is 0.343. The predicted molar refractivity (Wildman–Crippen MR) is 71.4 cm³/mol. The summed E-state index contributed by atoms with van der Waals surface area (Å²) in [7, 11) is 0. The van der Waals surface area contributed by atoms with Crippen LogP contribution >= 0.6 is 15.9 Å². The molecule has 2 aromatic rings. The molecule has 0 atom stereocenters. The molecule has 0 aliphatic rings. The number of rotatable bonds is 2. The Hall–Kier alpha value is -1.82. The molecule has 18 heavy (non-hydrogen) atoms. The minimum absolute atomic E-state index is 0.189. The van der Waals surface area contributed by atoms with Crippen molar-refractivity contribution in [3.63, 3.8) is 0 Å². The van der Waals surface area contributed by atoms with E-state index in [2.05, 4.69) is 20.9 Å². The topological polar surface area (TPSA) is 75.1 Å². The molecule has 0 saturated heterocycles. The lowest BCUT2D eigenvalue weighted by Crippen LogP contribution is -2.31. The molecule has 2 N–H and O–H groups in total. The summed E-state index contributed by atoms with van der Waals surface area (Å²) in [5.74, 6) is -0.315. The van der Waals surface area contributed by atoms with Crippen molar-refractivity contribution in [3.05, 3.63) is 55.1 Å². The summed E-state index contributed by atoms with van der Waals surface area (Å²) < 4.78 is 1.85. The Morgan fingerprint density at radius 2 is 2.11 bits per heavy atom. The Morgan fingerprint density at radius 3 is 2.72 bits per heavy atom. The molecule has 1 aromatic heterocycles. The number of nitrogens with one attached hydrogen (secondary N) is 1. The van der Waals surface area contributed by atoms with Gasteiger partial charge in [0.2, 0.25) is 5.88 Å². The third kappa shape index (κ3) is 2.11.